The van der Waals surface area contributed by atoms with E-state index in [9.17, 15) is 4.79 Å². The Morgan fingerprint density at radius 1 is 1.41 bits per heavy atom. The molecular weight excluding hydrogens is 218 g/mol. The third kappa shape index (κ3) is 3.22. The second kappa shape index (κ2) is 5.36. The van der Waals surface area contributed by atoms with Crippen molar-refractivity contribution in [1.82, 2.24) is 10.3 Å². The lowest BCUT2D eigenvalue weighted by Gasteiger charge is -2.05. The lowest BCUT2D eigenvalue weighted by molar-refractivity contribution is 0.157. The number of amides is 1. The van der Waals surface area contributed by atoms with Crippen LogP contribution in [0.1, 0.15) is 5.56 Å². The maximum absolute atomic E-state index is 10.3. The third-order valence-electron chi connectivity index (χ3n) is 2.47. The van der Waals surface area contributed by atoms with Crippen molar-refractivity contribution in [1.29, 1.82) is 0 Å². The number of nitrogens with two attached hydrogens (primary N) is 1. The molecule has 0 bridgehead atoms. The van der Waals surface area contributed by atoms with Crippen molar-refractivity contribution < 1.29 is 9.53 Å². The molecule has 90 valence electrons. The molecule has 0 atom stereocenters. The van der Waals surface area contributed by atoms with Crippen LogP contribution in [0.25, 0.3) is 10.9 Å². The van der Waals surface area contributed by atoms with E-state index < -0.39 is 6.09 Å². The molecule has 17 heavy (non-hydrogen) atoms. The number of fused-ring (bicyclic) bond motifs is 1. The minimum Gasteiger partial charge on any atom is -0.448 e. The van der Waals surface area contributed by atoms with Crippen LogP contribution in [0, 0.1) is 0 Å². The Kier molecular flexibility index (Phi) is 3.62. The number of ether oxygens (including phenoxy) is 1. The molecule has 0 spiro atoms. The number of hydrogen-bond donors (Lipinski definition) is 3. The molecular formula is C12H15N3O2. The predicted molar refractivity (Wildman–Crippen MR) is 65.5 cm³/mol. The Bertz CT molecular complexity index is 507. The summed E-state index contributed by atoms with van der Waals surface area (Å²) in [5, 5.41) is 4.36. The number of aromatic nitrogens is 1. The van der Waals surface area contributed by atoms with Gasteiger partial charge < -0.3 is 20.8 Å². The van der Waals surface area contributed by atoms with E-state index in [0.29, 0.717) is 13.2 Å². The van der Waals surface area contributed by atoms with E-state index in [2.05, 4.69) is 27.2 Å². The molecule has 1 heterocycles. The Hall–Kier alpha value is -2.01. The highest BCUT2D eigenvalue weighted by Crippen LogP contribution is 2.13. The van der Waals surface area contributed by atoms with Crippen molar-refractivity contribution in [3.05, 3.63) is 36.0 Å². The Morgan fingerprint density at radius 2 is 2.29 bits per heavy atom. The highest BCUT2D eigenvalue weighted by Gasteiger charge is 1.97. The lowest BCUT2D eigenvalue weighted by atomic mass is 10.1. The highest BCUT2D eigenvalue weighted by atomic mass is 16.5. The molecule has 0 aliphatic carbocycles. The highest BCUT2D eigenvalue weighted by molar-refractivity contribution is 5.79. The normalized spacial score (nSPS) is 10.6. The Labute approximate surface area is 98.9 Å². The monoisotopic (exact) mass is 233 g/mol. The van der Waals surface area contributed by atoms with Gasteiger partial charge in [0.05, 0.1) is 0 Å². The Morgan fingerprint density at radius 3 is 3.12 bits per heavy atom. The van der Waals surface area contributed by atoms with Gasteiger partial charge in [-0.1, -0.05) is 6.07 Å². The summed E-state index contributed by atoms with van der Waals surface area (Å²) >= 11 is 0. The number of rotatable bonds is 5. The second-order valence-electron chi connectivity index (χ2n) is 3.74. The summed E-state index contributed by atoms with van der Waals surface area (Å²) in [5.41, 5.74) is 7.17. The molecule has 1 amide bonds. The molecule has 5 heteroatoms. The van der Waals surface area contributed by atoms with Crippen LogP contribution in [0.3, 0.4) is 0 Å². The molecule has 0 unspecified atom stereocenters. The van der Waals surface area contributed by atoms with Crippen LogP contribution in [-0.4, -0.2) is 24.2 Å². The van der Waals surface area contributed by atoms with Crippen molar-refractivity contribution in [2.75, 3.05) is 13.2 Å². The first-order valence-corrected chi connectivity index (χ1v) is 5.44. The van der Waals surface area contributed by atoms with Gasteiger partial charge in [0.25, 0.3) is 0 Å². The average Bonchev–Trinajstić information content (AvgIpc) is 2.75. The number of benzene rings is 1. The van der Waals surface area contributed by atoms with Gasteiger partial charge in [0, 0.05) is 24.8 Å². The molecule has 0 radical (unpaired) electrons. The molecule has 0 saturated carbocycles. The fraction of sp³-hybridized carbons (Fsp3) is 0.250. The van der Waals surface area contributed by atoms with Crippen LogP contribution in [0.5, 0.6) is 0 Å². The van der Waals surface area contributed by atoms with Crippen LogP contribution >= 0.6 is 0 Å². The van der Waals surface area contributed by atoms with Crippen LogP contribution in [-0.2, 0) is 11.3 Å². The first-order valence-electron chi connectivity index (χ1n) is 5.44. The Balaban J connectivity index is 1.80. The molecule has 4 N–H and O–H groups in total. The largest absolute Gasteiger partial charge is 0.448 e. The first kappa shape index (κ1) is 11.5. The van der Waals surface area contributed by atoms with E-state index in [1.165, 1.54) is 10.9 Å². The molecule has 0 fully saturated rings. The van der Waals surface area contributed by atoms with Crippen LogP contribution in [0.4, 0.5) is 4.79 Å². The smallest absolute Gasteiger partial charge is 0.404 e. The maximum atomic E-state index is 10.3. The van der Waals surface area contributed by atoms with Crippen LogP contribution < -0.4 is 11.1 Å². The molecule has 1 aromatic carbocycles. The molecule has 1 aromatic heterocycles. The van der Waals surface area contributed by atoms with Gasteiger partial charge in [0.15, 0.2) is 0 Å². The SMILES string of the molecule is NC(=O)OCCNCc1ccc2[nH]ccc2c1. The minimum absolute atomic E-state index is 0.293. The molecule has 0 aliphatic heterocycles. The van der Waals surface area contributed by atoms with E-state index in [0.717, 1.165) is 12.1 Å². The average molecular weight is 233 g/mol. The first-order chi connectivity index (χ1) is 8.25. The van der Waals surface area contributed by atoms with Crippen LogP contribution in [0.15, 0.2) is 30.5 Å². The van der Waals surface area contributed by atoms with E-state index in [1.54, 1.807) is 0 Å². The standard InChI is InChI=1S/C12H15N3O2/c13-12(16)17-6-5-14-8-9-1-2-11-10(7-9)3-4-15-11/h1-4,7,14-15H,5-6,8H2,(H2,13,16). The summed E-state index contributed by atoms with van der Waals surface area (Å²) in [7, 11) is 0. The zero-order valence-corrected chi connectivity index (χ0v) is 9.40. The van der Waals surface area contributed by atoms with E-state index >= 15 is 0 Å². The number of carbonyl (C=O) groups excluding carboxylic acids is 1. The number of hydrogen-bond acceptors (Lipinski definition) is 3. The van der Waals surface area contributed by atoms with Crippen molar-refractivity contribution in [2.24, 2.45) is 5.73 Å². The van der Waals surface area contributed by atoms with Crippen molar-refractivity contribution >= 4 is 17.0 Å². The van der Waals surface area contributed by atoms with Gasteiger partial charge in [-0.25, -0.2) is 4.79 Å². The fourth-order valence-electron chi connectivity index (χ4n) is 1.67. The zero-order valence-electron chi connectivity index (χ0n) is 9.40. The van der Waals surface area contributed by atoms with Gasteiger partial charge in [0.2, 0.25) is 0 Å². The van der Waals surface area contributed by atoms with Gasteiger partial charge in [-0.2, -0.15) is 0 Å². The lowest BCUT2D eigenvalue weighted by Crippen LogP contribution is -2.23. The van der Waals surface area contributed by atoms with Gasteiger partial charge >= 0.3 is 6.09 Å². The quantitative estimate of drug-likeness (QED) is 0.682. The number of primary amides is 1. The fourth-order valence-corrected chi connectivity index (χ4v) is 1.67. The molecule has 2 aromatic rings. The topological polar surface area (TPSA) is 80.1 Å². The number of aromatic amines is 1. The molecule has 0 aliphatic rings. The summed E-state index contributed by atoms with van der Waals surface area (Å²) in [4.78, 5) is 13.5. The number of carbonyl (C=O) groups is 1. The molecule has 2 rings (SSSR count). The summed E-state index contributed by atoms with van der Waals surface area (Å²) in [5.74, 6) is 0. The number of H-pyrrole nitrogens is 1. The van der Waals surface area contributed by atoms with Crippen LogP contribution in [0.2, 0.25) is 0 Å². The van der Waals surface area contributed by atoms with Crippen molar-refractivity contribution in [3.8, 4) is 0 Å². The van der Waals surface area contributed by atoms with Crippen molar-refractivity contribution in [3.63, 3.8) is 0 Å². The summed E-state index contributed by atoms with van der Waals surface area (Å²) < 4.78 is 4.61. The number of nitrogens with one attached hydrogen (secondary N) is 2. The summed E-state index contributed by atoms with van der Waals surface area (Å²) in [6, 6.07) is 8.26. The molecule has 0 saturated heterocycles. The van der Waals surface area contributed by atoms with E-state index in [1.807, 2.05) is 18.3 Å². The van der Waals surface area contributed by atoms with E-state index in [4.69, 9.17) is 5.73 Å². The van der Waals surface area contributed by atoms with Gasteiger partial charge in [-0.3, -0.25) is 0 Å². The van der Waals surface area contributed by atoms with Crippen molar-refractivity contribution in [2.45, 2.75) is 6.54 Å². The second-order valence-corrected chi connectivity index (χ2v) is 3.74. The third-order valence-corrected chi connectivity index (χ3v) is 2.47. The predicted octanol–water partition coefficient (Wildman–Crippen LogP) is 1.35. The van der Waals surface area contributed by atoms with E-state index in [-0.39, 0.29) is 0 Å². The minimum atomic E-state index is -0.736. The summed E-state index contributed by atoms with van der Waals surface area (Å²) in [6.45, 7) is 1.62. The van der Waals surface area contributed by atoms with Gasteiger partial charge in [-0.05, 0) is 29.1 Å². The maximum Gasteiger partial charge on any atom is 0.404 e. The van der Waals surface area contributed by atoms with Gasteiger partial charge in [-0.15, -0.1) is 0 Å². The summed E-state index contributed by atoms with van der Waals surface area (Å²) in [6.07, 6.45) is 1.18. The van der Waals surface area contributed by atoms with Gasteiger partial charge in [0.1, 0.15) is 6.61 Å². The molecule has 5 nitrogen and oxygen atoms in total. The zero-order chi connectivity index (χ0) is 12.1.